The van der Waals surface area contributed by atoms with Crippen LogP contribution in [-0.4, -0.2) is 0 Å². The van der Waals surface area contributed by atoms with Crippen LogP contribution in [0.25, 0.3) is 11.1 Å². The third kappa shape index (κ3) is 5.00. The number of rotatable bonds is 4. The van der Waals surface area contributed by atoms with Gasteiger partial charge in [0.15, 0.2) is 0 Å². The van der Waals surface area contributed by atoms with E-state index in [2.05, 4.69) is 134 Å². The first-order valence-electron chi connectivity index (χ1n) is 15.3. The zero-order valence-electron chi connectivity index (χ0n) is 25.1. The van der Waals surface area contributed by atoms with Crippen molar-refractivity contribution in [2.75, 3.05) is 0 Å². The van der Waals surface area contributed by atoms with E-state index in [1.807, 2.05) is 19.9 Å². The lowest BCUT2D eigenvalue weighted by Crippen LogP contribution is -2.17. The minimum atomic E-state index is -0.0467. The van der Waals surface area contributed by atoms with Gasteiger partial charge in [-0.1, -0.05) is 123 Å². The van der Waals surface area contributed by atoms with Gasteiger partial charge in [-0.15, -0.1) is 11.7 Å². The molecule has 7 rings (SSSR count). The largest absolute Gasteiger partial charge is 0.111 e. The van der Waals surface area contributed by atoms with Crippen molar-refractivity contribution in [3.63, 3.8) is 0 Å². The van der Waals surface area contributed by atoms with Gasteiger partial charge in [0, 0.05) is 38.3 Å². The van der Waals surface area contributed by atoms with Crippen molar-refractivity contribution in [1.82, 2.24) is 0 Å². The van der Waals surface area contributed by atoms with Gasteiger partial charge < -0.3 is 0 Å². The van der Waals surface area contributed by atoms with Crippen molar-refractivity contribution in [3.05, 3.63) is 135 Å². The second-order valence-corrected chi connectivity index (χ2v) is 11.3. The van der Waals surface area contributed by atoms with Gasteiger partial charge in [0.2, 0.25) is 0 Å². The number of benzene rings is 2. The van der Waals surface area contributed by atoms with E-state index in [9.17, 15) is 0 Å². The highest BCUT2D eigenvalue weighted by Crippen LogP contribution is 2.63. The van der Waals surface area contributed by atoms with Crippen molar-refractivity contribution in [2.45, 2.75) is 64.7 Å². The Morgan fingerprint density at radius 1 is 1.00 bits per heavy atom. The maximum Gasteiger partial charge on any atom is 0.0725 e. The van der Waals surface area contributed by atoms with Crippen molar-refractivity contribution in [1.29, 1.82) is 0 Å². The molecule has 208 valence electrons. The molecule has 0 heterocycles. The predicted octanol–water partition coefficient (Wildman–Crippen LogP) is 10.1. The number of hydrogen-bond donors (Lipinski definition) is 0. The van der Waals surface area contributed by atoms with Crippen molar-refractivity contribution in [3.8, 4) is 35.5 Å². The molecule has 2 aromatic rings. The molecule has 3 atom stereocenters. The fourth-order valence-electron chi connectivity index (χ4n) is 6.59. The lowest BCUT2D eigenvalue weighted by molar-refractivity contribution is 0.804. The third-order valence-electron chi connectivity index (χ3n) is 8.73. The van der Waals surface area contributed by atoms with E-state index in [1.165, 1.54) is 33.4 Å². The van der Waals surface area contributed by atoms with Gasteiger partial charge in [-0.25, -0.2) is 0 Å². The van der Waals surface area contributed by atoms with Gasteiger partial charge in [-0.2, -0.15) is 0 Å². The number of hydrogen-bond acceptors (Lipinski definition) is 0. The van der Waals surface area contributed by atoms with E-state index in [1.54, 1.807) is 5.57 Å². The quantitative estimate of drug-likeness (QED) is 0.204. The Hall–Kier alpha value is -4.66. The monoisotopic (exact) mass is 544 g/mol. The van der Waals surface area contributed by atoms with Crippen LogP contribution in [0.15, 0.2) is 107 Å². The molecule has 0 heteroatoms. The second-order valence-electron chi connectivity index (χ2n) is 11.3. The topological polar surface area (TPSA) is 0 Å². The van der Waals surface area contributed by atoms with E-state index in [0.717, 1.165) is 42.4 Å². The van der Waals surface area contributed by atoms with Crippen LogP contribution in [0.3, 0.4) is 0 Å². The molecule has 0 saturated heterocycles. The minimum Gasteiger partial charge on any atom is -0.111 e. The maximum absolute atomic E-state index is 3.44. The molecule has 0 spiro atoms. The van der Waals surface area contributed by atoms with Crippen LogP contribution in [-0.2, 0) is 5.41 Å². The molecular weight excluding hydrogens is 504 g/mol. The second kappa shape index (κ2) is 11.7. The van der Waals surface area contributed by atoms with Crippen LogP contribution in [0.4, 0.5) is 0 Å². The summed E-state index contributed by atoms with van der Waals surface area (Å²) >= 11 is 0. The average Bonchev–Trinajstić information content (AvgIpc) is 3.85. The summed E-state index contributed by atoms with van der Waals surface area (Å²) in [6.07, 6.45) is 18.9. The Labute approximate surface area is 255 Å². The van der Waals surface area contributed by atoms with Crippen LogP contribution in [0, 0.1) is 41.4 Å². The van der Waals surface area contributed by atoms with Gasteiger partial charge in [0.1, 0.15) is 0 Å². The summed E-state index contributed by atoms with van der Waals surface area (Å²) in [7, 11) is 0. The lowest BCUT2D eigenvalue weighted by atomic mass is 9.75. The van der Waals surface area contributed by atoms with E-state index >= 15 is 0 Å². The summed E-state index contributed by atoms with van der Waals surface area (Å²) < 4.78 is 0. The summed E-state index contributed by atoms with van der Waals surface area (Å²) in [5.41, 5.74) is 16.2. The third-order valence-corrected chi connectivity index (χ3v) is 8.73. The molecule has 2 aromatic carbocycles. The fraction of sp³-hybridized carbons (Fsp3) is 0.262. The lowest BCUT2D eigenvalue weighted by Gasteiger charge is -2.28. The van der Waals surface area contributed by atoms with Gasteiger partial charge in [-0.3, -0.25) is 0 Å². The van der Waals surface area contributed by atoms with Gasteiger partial charge in [-0.05, 0) is 76.8 Å². The molecule has 0 aliphatic heterocycles. The highest BCUT2D eigenvalue weighted by molar-refractivity contribution is 5.83. The van der Waals surface area contributed by atoms with Gasteiger partial charge in [0.05, 0.1) is 5.92 Å². The molecule has 0 N–H and O–H groups in total. The van der Waals surface area contributed by atoms with Crippen LogP contribution < -0.4 is 0 Å². The summed E-state index contributed by atoms with van der Waals surface area (Å²) in [5, 5.41) is 0. The summed E-state index contributed by atoms with van der Waals surface area (Å²) in [4.78, 5) is 0. The summed E-state index contributed by atoms with van der Waals surface area (Å²) in [6.45, 7) is 8.38. The maximum atomic E-state index is 3.44. The highest BCUT2D eigenvalue weighted by Gasteiger charge is 2.55. The summed E-state index contributed by atoms with van der Waals surface area (Å²) in [6, 6.07) is 16.3. The van der Waals surface area contributed by atoms with Crippen molar-refractivity contribution in [2.24, 2.45) is 5.92 Å². The molecule has 1 saturated carbocycles. The smallest absolute Gasteiger partial charge is 0.0725 e. The van der Waals surface area contributed by atoms with Crippen LogP contribution in [0.2, 0.25) is 0 Å². The van der Waals surface area contributed by atoms with Crippen LogP contribution in [0.1, 0.15) is 90.0 Å². The molecule has 0 amide bonds. The molecule has 0 radical (unpaired) electrons. The first kappa shape index (κ1) is 27.5. The number of allylic oxidation sites excluding steroid dienone is 11. The Morgan fingerprint density at radius 2 is 1.90 bits per heavy atom. The number of fused-ring (bicyclic) bond motifs is 3. The van der Waals surface area contributed by atoms with E-state index in [-0.39, 0.29) is 14.2 Å². The predicted molar refractivity (Wildman–Crippen MR) is 181 cm³/mol. The van der Waals surface area contributed by atoms with Crippen LogP contribution >= 0.6 is 0 Å². The molecule has 42 heavy (non-hydrogen) atoms. The molecule has 3 unspecified atom stereocenters. The first-order chi connectivity index (χ1) is 20.6. The standard InChI is InChI=1S/C40H30.C2H6.2H2/c1-28-12-10-15-31(21-20-28)37-18-8-5-9-19-38(37)33-22-23-36-29(2)24-35-27-40(35,39(36)26-33)34-17-11-16-32(25-34)30-13-6-3-4-7-14-30;1-2;;/h5,10-13,15-17,19,22-26,29,31H,6-7,14,27H2,1-2H3;1-2H3;2*1H. The Bertz CT molecular complexity index is 1880. The Balaban J connectivity index is 0.00000108. The van der Waals surface area contributed by atoms with Crippen LogP contribution in [0.5, 0.6) is 0 Å². The van der Waals surface area contributed by atoms with E-state index in [0.29, 0.717) is 5.92 Å². The van der Waals surface area contributed by atoms with Crippen molar-refractivity contribution < 1.29 is 2.85 Å². The average molecular weight is 545 g/mol. The Morgan fingerprint density at radius 3 is 2.81 bits per heavy atom. The molecule has 0 nitrogen and oxygen atoms in total. The zero-order chi connectivity index (χ0) is 29.1. The van der Waals surface area contributed by atoms with Crippen molar-refractivity contribution >= 4 is 11.1 Å². The minimum absolute atomic E-state index is 0. The molecule has 0 bridgehead atoms. The summed E-state index contributed by atoms with van der Waals surface area (Å²) in [5.74, 6) is 20.2. The Kier molecular flexibility index (Phi) is 7.65. The molecule has 0 aromatic heterocycles. The fourth-order valence-corrected chi connectivity index (χ4v) is 6.59. The molecule has 5 aliphatic rings. The first-order valence-corrected chi connectivity index (χ1v) is 15.3. The molecular formula is C42H40. The van der Waals surface area contributed by atoms with Gasteiger partial charge >= 0.3 is 0 Å². The molecule has 5 aliphatic carbocycles. The highest BCUT2D eigenvalue weighted by atomic mass is 14.6. The normalized spacial score (nSPS) is 24.0. The van der Waals surface area contributed by atoms with E-state index < -0.39 is 0 Å². The molecule has 1 fully saturated rings. The zero-order valence-corrected chi connectivity index (χ0v) is 25.1. The van der Waals surface area contributed by atoms with E-state index in [4.69, 9.17) is 0 Å². The SMILES string of the molecule is CC.CC1=CC=CC(C2=C(c3ccc4c(c3)C3(c5cccc(C6=CCC#CCC6)c5)CC3=CC4C)C=C=CC#C2)C#C1.[HH].[HH]. The van der Waals surface area contributed by atoms with Gasteiger partial charge in [0.25, 0.3) is 0 Å².